The number of nitrogens with zero attached hydrogens (tertiary/aromatic N) is 6. The van der Waals surface area contributed by atoms with Crippen molar-refractivity contribution in [3.05, 3.63) is 77.9 Å². The van der Waals surface area contributed by atoms with Gasteiger partial charge in [-0.25, -0.2) is 29.4 Å². The average molecular weight is 503 g/mol. The van der Waals surface area contributed by atoms with Gasteiger partial charge in [-0.1, -0.05) is 6.07 Å². The van der Waals surface area contributed by atoms with Gasteiger partial charge in [-0.05, 0) is 51.0 Å². The maximum Gasteiger partial charge on any atom is 0.270 e. The number of hydrogen-bond acceptors (Lipinski definition) is 9. The fraction of sp³-hybridized carbons (Fsp3) is 0.280. The Balaban J connectivity index is 1.23. The smallest absolute Gasteiger partial charge is 0.270 e. The zero-order chi connectivity index (χ0) is 25.9. The topological polar surface area (TPSA) is 135 Å². The number of carbonyl (C=O) groups excluding carboxylic acids is 1. The van der Waals surface area contributed by atoms with Crippen LogP contribution in [0.4, 0.5) is 10.2 Å². The Morgan fingerprint density at radius 1 is 1.14 bits per heavy atom. The highest BCUT2D eigenvalue weighted by atomic mass is 19.1. The summed E-state index contributed by atoms with van der Waals surface area (Å²) in [7, 11) is 0. The molecule has 1 aliphatic rings. The Kier molecular flexibility index (Phi) is 6.84. The van der Waals surface area contributed by atoms with Crippen molar-refractivity contribution in [2.45, 2.75) is 45.4 Å². The summed E-state index contributed by atoms with van der Waals surface area (Å²) in [5.41, 5.74) is 8.95. The van der Waals surface area contributed by atoms with Crippen LogP contribution in [0.1, 0.15) is 48.1 Å². The van der Waals surface area contributed by atoms with E-state index in [9.17, 15) is 9.18 Å². The highest BCUT2D eigenvalue weighted by Gasteiger charge is 2.20. The molecule has 1 aliphatic heterocycles. The Hall–Kier alpha value is -4.29. The molecule has 0 aliphatic carbocycles. The van der Waals surface area contributed by atoms with Crippen LogP contribution >= 0.6 is 0 Å². The van der Waals surface area contributed by atoms with E-state index in [4.69, 9.17) is 0 Å². The Morgan fingerprint density at radius 2 is 2.00 bits per heavy atom. The summed E-state index contributed by atoms with van der Waals surface area (Å²) in [6, 6.07) is 8.88. The third-order valence-corrected chi connectivity index (χ3v) is 5.93. The molecular formula is C25H27FN10O. The Bertz CT molecular complexity index is 1390. The predicted molar refractivity (Wildman–Crippen MR) is 135 cm³/mol. The van der Waals surface area contributed by atoms with Crippen LogP contribution in [-0.4, -0.2) is 47.8 Å². The number of hydrogen-bond donors (Lipinski definition) is 4. The number of pyridine rings is 2. The minimum absolute atomic E-state index is 0.0725. The van der Waals surface area contributed by atoms with Crippen LogP contribution in [-0.2, 0) is 0 Å². The molecule has 5 rings (SSSR count). The third-order valence-electron chi connectivity index (χ3n) is 5.93. The molecule has 2 unspecified atom stereocenters. The molecule has 37 heavy (non-hydrogen) atoms. The summed E-state index contributed by atoms with van der Waals surface area (Å²) >= 11 is 0. The van der Waals surface area contributed by atoms with Crippen LogP contribution in [0, 0.1) is 12.7 Å². The third kappa shape index (κ3) is 5.76. The van der Waals surface area contributed by atoms with Crippen molar-refractivity contribution in [1.29, 1.82) is 0 Å². The van der Waals surface area contributed by atoms with Crippen LogP contribution in [0.15, 0.2) is 55.1 Å². The van der Waals surface area contributed by atoms with Gasteiger partial charge in [0.2, 0.25) is 0 Å². The Labute approximate surface area is 212 Å². The van der Waals surface area contributed by atoms with Crippen LogP contribution in [0.25, 0.3) is 17.2 Å². The van der Waals surface area contributed by atoms with Crippen molar-refractivity contribution in [2.24, 2.45) is 0 Å². The van der Waals surface area contributed by atoms with Gasteiger partial charge < -0.3 is 10.6 Å². The van der Waals surface area contributed by atoms with Crippen molar-refractivity contribution in [3.8, 4) is 17.2 Å². The van der Waals surface area contributed by atoms with Gasteiger partial charge in [-0.15, -0.1) is 0 Å². The second kappa shape index (κ2) is 10.4. The molecule has 4 aromatic rings. The number of anilines is 1. The normalized spacial score (nSPS) is 17.9. The number of aromatic nitrogens is 6. The van der Waals surface area contributed by atoms with E-state index in [1.165, 1.54) is 10.9 Å². The number of aryl methyl sites for hydroxylation is 1. The molecule has 1 amide bonds. The summed E-state index contributed by atoms with van der Waals surface area (Å²) < 4.78 is 14.5. The molecule has 1 fully saturated rings. The quantitative estimate of drug-likeness (QED) is 0.301. The average Bonchev–Trinajstić information content (AvgIpc) is 3.51. The maximum absolute atomic E-state index is 13.2. The molecular weight excluding hydrogens is 475 g/mol. The van der Waals surface area contributed by atoms with Gasteiger partial charge in [0.25, 0.3) is 5.91 Å². The zero-order valence-corrected chi connectivity index (χ0v) is 20.6. The largest absolute Gasteiger partial charge is 0.353 e. The Morgan fingerprint density at radius 3 is 2.65 bits per heavy atom. The lowest BCUT2D eigenvalue weighted by Gasteiger charge is -2.15. The van der Waals surface area contributed by atoms with Gasteiger partial charge in [0, 0.05) is 35.8 Å². The molecule has 0 radical (unpaired) electrons. The van der Waals surface area contributed by atoms with Gasteiger partial charge in [-0.3, -0.25) is 15.2 Å². The van der Waals surface area contributed by atoms with Gasteiger partial charge in [0.05, 0.1) is 24.6 Å². The molecule has 4 aromatic heterocycles. The van der Waals surface area contributed by atoms with Crippen molar-refractivity contribution >= 4 is 11.7 Å². The number of amides is 1. The number of hydrazine groups is 1. The number of halogens is 1. The first-order valence-corrected chi connectivity index (χ1v) is 11.9. The standard InChI is InChI=1S/C25H27FN10O/c1-14-8-21(32-22-9-15(2)34-35-22)33-24(30-14)18-4-6-20(27-11-18)25(37)31-16(3)17-5-7-23(28-10-17)36-13-19(26)12-29-36/h4-8,10-13,15-16,22,34-35H,9H2,1-3H3,(H,31,37)(H,30,32,33)/t15?,16-,22?/m1/s1. The summed E-state index contributed by atoms with van der Waals surface area (Å²) in [6.07, 6.45) is 6.57. The first-order valence-electron chi connectivity index (χ1n) is 11.9. The van der Waals surface area contributed by atoms with E-state index < -0.39 is 5.82 Å². The molecule has 3 atom stereocenters. The summed E-state index contributed by atoms with van der Waals surface area (Å²) in [6.45, 7) is 5.86. The highest BCUT2D eigenvalue weighted by molar-refractivity contribution is 5.92. The molecule has 190 valence electrons. The van der Waals surface area contributed by atoms with Crippen LogP contribution in [0.3, 0.4) is 0 Å². The summed E-state index contributed by atoms with van der Waals surface area (Å²) in [5.74, 6) is 0.954. The van der Waals surface area contributed by atoms with Crippen molar-refractivity contribution < 1.29 is 9.18 Å². The molecule has 11 nitrogen and oxygen atoms in total. The molecule has 0 saturated carbocycles. The fourth-order valence-corrected chi connectivity index (χ4v) is 3.99. The van der Waals surface area contributed by atoms with E-state index in [1.54, 1.807) is 30.6 Å². The number of rotatable bonds is 7. The molecule has 12 heteroatoms. The summed E-state index contributed by atoms with van der Waals surface area (Å²) in [4.78, 5) is 30.6. The van der Waals surface area contributed by atoms with Crippen LogP contribution in [0.2, 0.25) is 0 Å². The second-order valence-electron chi connectivity index (χ2n) is 9.02. The van der Waals surface area contributed by atoms with Crippen molar-refractivity contribution in [2.75, 3.05) is 5.32 Å². The van der Waals surface area contributed by atoms with E-state index in [-0.39, 0.29) is 23.8 Å². The molecule has 5 heterocycles. The minimum Gasteiger partial charge on any atom is -0.353 e. The van der Waals surface area contributed by atoms with E-state index in [0.717, 1.165) is 23.9 Å². The molecule has 4 N–H and O–H groups in total. The number of carbonyl (C=O) groups is 1. The van der Waals surface area contributed by atoms with Crippen molar-refractivity contribution in [3.63, 3.8) is 0 Å². The fourth-order valence-electron chi connectivity index (χ4n) is 3.99. The van der Waals surface area contributed by atoms with E-state index in [0.29, 0.717) is 29.1 Å². The lowest BCUT2D eigenvalue weighted by Crippen LogP contribution is -2.36. The monoisotopic (exact) mass is 502 g/mol. The first-order chi connectivity index (χ1) is 17.8. The van der Waals surface area contributed by atoms with E-state index in [1.807, 2.05) is 26.0 Å². The summed E-state index contributed by atoms with van der Waals surface area (Å²) in [5, 5.41) is 10.2. The van der Waals surface area contributed by atoms with E-state index in [2.05, 4.69) is 53.4 Å². The maximum atomic E-state index is 13.2. The van der Waals surface area contributed by atoms with E-state index >= 15 is 0 Å². The molecule has 0 bridgehead atoms. The van der Waals surface area contributed by atoms with Crippen molar-refractivity contribution in [1.82, 2.24) is 45.9 Å². The van der Waals surface area contributed by atoms with Gasteiger partial charge >= 0.3 is 0 Å². The van der Waals surface area contributed by atoms with Gasteiger partial charge in [-0.2, -0.15) is 5.10 Å². The second-order valence-corrected chi connectivity index (χ2v) is 9.02. The lowest BCUT2D eigenvalue weighted by atomic mass is 10.1. The SMILES string of the molecule is Cc1cc(NC2CC(C)NN2)nc(-c2ccc(C(=O)N[C@H](C)c3ccc(-n4cc(F)cn4)nc3)nc2)n1. The lowest BCUT2D eigenvalue weighted by molar-refractivity contribution is 0.0935. The van der Waals surface area contributed by atoms with Gasteiger partial charge in [0.15, 0.2) is 17.5 Å². The van der Waals surface area contributed by atoms with Crippen LogP contribution < -0.4 is 21.5 Å². The predicted octanol–water partition coefficient (Wildman–Crippen LogP) is 2.68. The molecule has 0 aromatic carbocycles. The first kappa shape index (κ1) is 24.4. The van der Waals surface area contributed by atoms with Crippen LogP contribution in [0.5, 0.6) is 0 Å². The molecule has 1 saturated heterocycles. The van der Waals surface area contributed by atoms with Gasteiger partial charge in [0.1, 0.15) is 11.5 Å². The number of nitrogens with one attached hydrogen (secondary N) is 4. The minimum atomic E-state index is -0.440. The zero-order valence-electron chi connectivity index (χ0n) is 20.6. The highest BCUT2D eigenvalue weighted by Crippen LogP contribution is 2.19. The molecule has 0 spiro atoms.